The van der Waals surface area contributed by atoms with Crippen molar-refractivity contribution in [2.24, 2.45) is 5.73 Å². The third kappa shape index (κ3) is 3.15. The van der Waals surface area contributed by atoms with Crippen molar-refractivity contribution in [2.45, 2.75) is 12.5 Å². The van der Waals surface area contributed by atoms with E-state index in [1.807, 2.05) is 6.07 Å². The van der Waals surface area contributed by atoms with Gasteiger partial charge in [0.15, 0.2) is 0 Å². The quantitative estimate of drug-likeness (QED) is 0.791. The number of pyridine rings is 1. The summed E-state index contributed by atoms with van der Waals surface area (Å²) < 4.78 is 11.8. The van der Waals surface area contributed by atoms with E-state index in [1.165, 1.54) is 0 Å². The van der Waals surface area contributed by atoms with E-state index < -0.39 is 0 Å². The maximum absolute atomic E-state index is 11.8. The van der Waals surface area contributed by atoms with Crippen LogP contribution >= 0.6 is 12.4 Å². The Kier molecular flexibility index (Phi) is 5.58. The second-order valence-electron chi connectivity index (χ2n) is 2.37. The van der Waals surface area contributed by atoms with Crippen molar-refractivity contribution in [3.8, 4) is 0 Å². The van der Waals surface area contributed by atoms with Crippen LogP contribution in [0, 0.1) is 0 Å². The summed E-state index contributed by atoms with van der Waals surface area (Å²) in [6.45, 7) is -0.379. The van der Waals surface area contributed by atoms with Crippen LogP contribution in [-0.4, -0.2) is 11.7 Å². The fraction of sp³-hybridized carbons (Fsp3) is 0.375. The number of nitrogens with two attached hydrogens (primary N) is 1. The van der Waals surface area contributed by atoms with Crippen LogP contribution in [0.4, 0.5) is 4.39 Å². The minimum atomic E-state index is -0.379. The first-order valence-corrected chi connectivity index (χ1v) is 3.56. The monoisotopic (exact) mass is 190 g/mol. The van der Waals surface area contributed by atoms with Gasteiger partial charge in [0, 0.05) is 18.4 Å². The number of nitrogens with zero attached hydrogens (tertiary/aromatic N) is 1. The van der Waals surface area contributed by atoms with E-state index in [4.69, 9.17) is 5.73 Å². The van der Waals surface area contributed by atoms with Gasteiger partial charge in [0.05, 0.1) is 6.67 Å². The molecule has 0 unspecified atom stereocenters. The molecule has 12 heavy (non-hydrogen) atoms. The lowest BCUT2D eigenvalue weighted by Gasteiger charge is -2.07. The molecular formula is C8H12ClFN2. The highest BCUT2D eigenvalue weighted by Crippen LogP contribution is 2.11. The van der Waals surface area contributed by atoms with Gasteiger partial charge >= 0.3 is 0 Å². The van der Waals surface area contributed by atoms with Crippen molar-refractivity contribution < 1.29 is 4.39 Å². The summed E-state index contributed by atoms with van der Waals surface area (Å²) in [4.78, 5) is 3.89. The predicted molar refractivity (Wildman–Crippen MR) is 49.0 cm³/mol. The highest BCUT2D eigenvalue weighted by molar-refractivity contribution is 5.85. The number of hydrogen-bond donors (Lipinski definition) is 1. The van der Waals surface area contributed by atoms with Gasteiger partial charge in [0.1, 0.15) is 0 Å². The summed E-state index contributed by atoms with van der Waals surface area (Å²) >= 11 is 0. The molecule has 1 aromatic heterocycles. The molecule has 0 aliphatic heterocycles. The molecule has 0 bridgehead atoms. The van der Waals surface area contributed by atoms with Crippen molar-refractivity contribution in [2.75, 3.05) is 6.67 Å². The molecule has 0 amide bonds. The smallest absolute Gasteiger partial charge is 0.0912 e. The average molecular weight is 191 g/mol. The van der Waals surface area contributed by atoms with E-state index in [0.717, 1.165) is 5.56 Å². The van der Waals surface area contributed by atoms with Crippen LogP contribution in [0.3, 0.4) is 0 Å². The van der Waals surface area contributed by atoms with Crippen LogP contribution < -0.4 is 5.73 Å². The van der Waals surface area contributed by atoms with Crippen LogP contribution in [0.2, 0.25) is 0 Å². The Bertz CT molecular complexity index is 205. The molecule has 1 heterocycles. The SMILES string of the molecule is Cl.N[C@@H](CCF)c1cccnc1. The van der Waals surface area contributed by atoms with Gasteiger partial charge in [-0.2, -0.15) is 0 Å². The first-order chi connectivity index (χ1) is 5.34. The largest absolute Gasteiger partial charge is 0.324 e. The molecule has 1 aromatic rings. The van der Waals surface area contributed by atoms with Crippen molar-refractivity contribution in [3.63, 3.8) is 0 Å². The zero-order chi connectivity index (χ0) is 8.10. The van der Waals surface area contributed by atoms with Crippen LogP contribution in [0.15, 0.2) is 24.5 Å². The first-order valence-electron chi connectivity index (χ1n) is 3.56. The molecule has 4 heteroatoms. The van der Waals surface area contributed by atoms with Crippen molar-refractivity contribution in [3.05, 3.63) is 30.1 Å². The number of aromatic nitrogens is 1. The fourth-order valence-electron chi connectivity index (χ4n) is 0.880. The standard InChI is InChI=1S/C8H11FN2.ClH/c9-4-3-8(10)7-2-1-5-11-6-7;/h1-2,5-6,8H,3-4,10H2;1H/t8-;/m0./s1. The lowest BCUT2D eigenvalue weighted by Crippen LogP contribution is -2.10. The van der Waals surface area contributed by atoms with Crippen molar-refractivity contribution in [1.29, 1.82) is 0 Å². The van der Waals surface area contributed by atoms with Gasteiger partial charge in [0.25, 0.3) is 0 Å². The highest BCUT2D eigenvalue weighted by Gasteiger charge is 2.03. The topological polar surface area (TPSA) is 38.9 Å². The lowest BCUT2D eigenvalue weighted by atomic mass is 10.1. The molecule has 0 saturated heterocycles. The maximum Gasteiger partial charge on any atom is 0.0912 e. The molecule has 1 rings (SSSR count). The highest BCUT2D eigenvalue weighted by atomic mass is 35.5. The van der Waals surface area contributed by atoms with E-state index >= 15 is 0 Å². The summed E-state index contributed by atoms with van der Waals surface area (Å²) in [5.41, 5.74) is 6.52. The molecule has 0 radical (unpaired) electrons. The first kappa shape index (κ1) is 11.3. The molecule has 0 aromatic carbocycles. The van der Waals surface area contributed by atoms with Gasteiger partial charge < -0.3 is 5.73 Å². The second kappa shape index (κ2) is 5.91. The average Bonchev–Trinajstić information content (AvgIpc) is 2.07. The molecule has 0 aliphatic carbocycles. The summed E-state index contributed by atoms with van der Waals surface area (Å²) in [5.74, 6) is 0. The molecule has 0 fully saturated rings. The molecule has 0 saturated carbocycles. The van der Waals surface area contributed by atoms with Crippen LogP contribution in [0.5, 0.6) is 0 Å². The fourth-order valence-corrected chi connectivity index (χ4v) is 0.880. The summed E-state index contributed by atoms with van der Waals surface area (Å²) in [5, 5.41) is 0. The van der Waals surface area contributed by atoms with Crippen molar-refractivity contribution >= 4 is 12.4 Å². The summed E-state index contributed by atoms with van der Waals surface area (Å²) in [6.07, 6.45) is 3.71. The van der Waals surface area contributed by atoms with Gasteiger partial charge in [-0.1, -0.05) is 6.07 Å². The minimum absolute atomic E-state index is 0. The van der Waals surface area contributed by atoms with E-state index in [1.54, 1.807) is 18.5 Å². The predicted octanol–water partition coefficient (Wildman–Crippen LogP) is 1.86. The molecule has 2 nitrogen and oxygen atoms in total. The Balaban J connectivity index is 0.00000121. The number of rotatable bonds is 3. The normalized spacial score (nSPS) is 11.8. The molecule has 0 spiro atoms. The summed E-state index contributed by atoms with van der Waals surface area (Å²) in [7, 11) is 0. The van der Waals surface area contributed by atoms with Crippen LogP contribution in [0.25, 0.3) is 0 Å². The molecular weight excluding hydrogens is 179 g/mol. The Labute approximate surface area is 77.4 Å². The number of halogens is 2. The van der Waals surface area contributed by atoms with Gasteiger partial charge in [-0.3, -0.25) is 9.37 Å². The van der Waals surface area contributed by atoms with Crippen LogP contribution in [0.1, 0.15) is 18.0 Å². The maximum atomic E-state index is 11.8. The molecule has 2 N–H and O–H groups in total. The van der Waals surface area contributed by atoms with E-state index in [0.29, 0.717) is 6.42 Å². The lowest BCUT2D eigenvalue weighted by molar-refractivity contribution is 0.441. The second-order valence-corrected chi connectivity index (χ2v) is 2.37. The Morgan fingerprint density at radius 2 is 2.33 bits per heavy atom. The third-order valence-corrected chi connectivity index (χ3v) is 1.53. The minimum Gasteiger partial charge on any atom is -0.324 e. The zero-order valence-corrected chi connectivity index (χ0v) is 7.43. The Morgan fingerprint density at radius 1 is 1.58 bits per heavy atom. The van der Waals surface area contributed by atoms with Crippen LogP contribution in [-0.2, 0) is 0 Å². The Morgan fingerprint density at radius 3 is 2.83 bits per heavy atom. The van der Waals surface area contributed by atoms with Crippen molar-refractivity contribution in [1.82, 2.24) is 4.98 Å². The van der Waals surface area contributed by atoms with E-state index in [2.05, 4.69) is 4.98 Å². The van der Waals surface area contributed by atoms with Gasteiger partial charge in [0.2, 0.25) is 0 Å². The molecule has 1 atom stereocenters. The molecule has 68 valence electrons. The number of alkyl halides is 1. The van der Waals surface area contributed by atoms with E-state index in [-0.39, 0.29) is 25.1 Å². The zero-order valence-electron chi connectivity index (χ0n) is 6.61. The Hall–Kier alpha value is -0.670. The van der Waals surface area contributed by atoms with Gasteiger partial charge in [-0.25, -0.2) is 0 Å². The third-order valence-electron chi connectivity index (χ3n) is 1.53. The van der Waals surface area contributed by atoms with Gasteiger partial charge in [-0.15, -0.1) is 12.4 Å². The summed E-state index contributed by atoms with van der Waals surface area (Å²) in [6, 6.07) is 3.44. The van der Waals surface area contributed by atoms with E-state index in [9.17, 15) is 4.39 Å². The number of hydrogen-bond acceptors (Lipinski definition) is 2. The molecule has 0 aliphatic rings. The van der Waals surface area contributed by atoms with Gasteiger partial charge in [-0.05, 0) is 18.1 Å².